The summed E-state index contributed by atoms with van der Waals surface area (Å²) in [6, 6.07) is 8.40. The van der Waals surface area contributed by atoms with E-state index < -0.39 is 0 Å². The first-order chi connectivity index (χ1) is 6.86. The molecule has 1 heterocycles. The molecule has 1 aliphatic rings. The van der Waals surface area contributed by atoms with Crippen LogP contribution in [0.3, 0.4) is 0 Å². The third-order valence-corrected chi connectivity index (χ3v) is 2.75. The van der Waals surface area contributed by atoms with Crippen molar-refractivity contribution in [3.05, 3.63) is 29.8 Å². The zero-order valence-electron chi connectivity index (χ0n) is 8.62. The smallest absolute Gasteiger partial charge is 0.0511 e. The van der Waals surface area contributed by atoms with E-state index >= 15 is 0 Å². The summed E-state index contributed by atoms with van der Waals surface area (Å²) in [5.41, 5.74) is 2.56. The highest BCUT2D eigenvalue weighted by Gasteiger charge is 2.14. The van der Waals surface area contributed by atoms with Crippen LogP contribution in [-0.4, -0.2) is 19.8 Å². The molecule has 76 valence electrons. The first-order valence-electron chi connectivity index (χ1n) is 5.23. The molecule has 1 aromatic rings. The van der Waals surface area contributed by atoms with E-state index in [0.717, 1.165) is 19.8 Å². The highest BCUT2D eigenvalue weighted by atomic mass is 16.5. The molecule has 1 aliphatic heterocycles. The topological polar surface area (TPSA) is 21.3 Å². The number of benzene rings is 1. The third kappa shape index (κ3) is 2.26. The lowest BCUT2D eigenvalue weighted by Gasteiger charge is -2.12. The molecule has 1 saturated heterocycles. The van der Waals surface area contributed by atoms with E-state index in [-0.39, 0.29) is 0 Å². The molecule has 2 nitrogen and oxygen atoms in total. The largest absolute Gasteiger partial charge is 0.384 e. The fraction of sp³-hybridized carbons (Fsp3) is 0.500. The first-order valence-corrected chi connectivity index (χ1v) is 5.23. The summed E-state index contributed by atoms with van der Waals surface area (Å²) >= 11 is 0. The first kappa shape index (κ1) is 9.53. The maximum Gasteiger partial charge on any atom is 0.0511 e. The van der Waals surface area contributed by atoms with Gasteiger partial charge in [-0.3, -0.25) is 0 Å². The zero-order chi connectivity index (χ0) is 9.80. The Kier molecular flexibility index (Phi) is 3.04. The Morgan fingerprint density at radius 3 is 3.00 bits per heavy atom. The Bertz CT molecular complexity index is 292. The van der Waals surface area contributed by atoms with Crippen molar-refractivity contribution in [1.82, 2.24) is 0 Å². The van der Waals surface area contributed by atoms with E-state index in [0.29, 0.717) is 5.92 Å². The number of nitrogens with one attached hydrogen (secondary N) is 1. The lowest BCUT2D eigenvalue weighted by atomic mass is 10.1. The van der Waals surface area contributed by atoms with Gasteiger partial charge in [0.25, 0.3) is 0 Å². The molecule has 0 radical (unpaired) electrons. The monoisotopic (exact) mass is 191 g/mol. The van der Waals surface area contributed by atoms with Crippen molar-refractivity contribution in [2.75, 3.05) is 25.1 Å². The standard InChI is InChI=1S/C12H17NO/c1-10-4-2-3-5-12(10)13-8-11-6-7-14-9-11/h2-5,11,13H,6-9H2,1H3. The van der Waals surface area contributed by atoms with Crippen molar-refractivity contribution in [3.8, 4) is 0 Å². The number of rotatable bonds is 3. The van der Waals surface area contributed by atoms with Gasteiger partial charge in [-0.15, -0.1) is 0 Å². The molecule has 1 atom stereocenters. The van der Waals surface area contributed by atoms with Crippen LogP contribution in [0.25, 0.3) is 0 Å². The molecule has 0 aliphatic carbocycles. The Hall–Kier alpha value is -1.02. The molecule has 2 heteroatoms. The molecule has 0 amide bonds. The molecule has 0 saturated carbocycles. The zero-order valence-corrected chi connectivity index (χ0v) is 8.62. The highest BCUT2D eigenvalue weighted by Crippen LogP contribution is 2.16. The maximum absolute atomic E-state index is 5.34. The minimum absolute atomic E-state index is 0.689. The Labute approximate surface area is 85.3 Å². The average Bonchev–Trinajstić information content (AvgIpc) is 2.69. The van der Waals surface area contributed by atoms with Gasteiger partial charge in [0.15, 0.2) is 0 Å². The van der Waals surface area contributed by atoms with Crippen LogP contribution in [0.2, 0.25) is 0 Å². The van der Waals surface area contributed by atoms with E-state index in [1.807, 2.05) is 0 Å². The molecule has 0 spiro atoms. The molecule has 14 heavy (non-hydrogen) atoms. The Morgan fingerprint density at radius 2 is 2.29 bits per heavy atom. The van der Waals surface area contributed by atoms with Crippen LogP contribution >= 0.6 is 0 Å². The predicted octanol–water partition coefficient (Wildman–Crippen LogP) is 2.44. The normalized spacial score (nSPS) is 21.1. The molecule has 2 rings (SSSR count). The second-order valence-corrected chi connectivity index (χ2v) is 3.93. The van der Waals surface area contributed by atoms with E-state index in [2.05, 4.69) is 36.5 Å². The molecule has 1 unspecified atom stereocenters. The fourth-order valence-corrected chi connectivity index (χ4v) is 1.77. The second kappa shape index (κ2) is 4.47. The van der Waals surface area contributed by atoms with E-state index in [1.54, 1.807) is 0 Å². The van der Waals surface area contributed by atoms with Gasteiger partial charge in [-0.1, -0.05) is 18.2 Å². The summed E-state index contributed by atoms with van der Waals surface area (Å²) in [6.07, 6.45) is 1.19. The van der Waals surface area contributed by atoms with Gasteiger partial charge < -0.3 is 10.1 Å². The molecular formula is C12H17NO. The van der Waals surface area contributed by atoms with E-state index in [4.69, 9.17) is 4.74 Å². The van der Waals surface area contributed by atoms with Gasteiger partial charge in [0.1, 0.15) is 0 Å². The van der Waals surface area contributed by atoms with Gasteiger partial charge >= 0.3 is 0 Å². The van der Waals surface area contributed by atoms with Crippen molar-refractivity contribution >= 4 is 5.69 Å². The van der Waals surface area contributed by atoms with Crippen LogP contribution < -0.4 is 5.32 Å². The van der Waals surface area contributed by atoms with Crippen molar-refractivity contribution in [2.45, 2.75) is 13.3 Å². The number of aryl methyl sites for hydroxylation is 1. The van der Waals surface area contributed by atoms with Crippen LogP contribution in [0.15, 0.2) is 24.3 Å². The van der Waals surface area contributed by atoms with E-state index in [9.17, 15) is 0 Å². The van der Waals surface area contributed by atoms with Crippen LogP contribution in [0.4, 0.5) is 5.69 Å². The number of ether oxygens (including phenoxy) is 1. The van der Waals surface area contributed by atoms with Crippen molar-refractivity contribution in [1.29, 1.82) is 0 Å². The Morgan fingerprint density at radius 1 is 1.43 bits per heavy atom. The summed E-state index contributed by atoms with van der Waals surface area (Å²) in [5, 5.41) is 3.47. The van der Waals surface area contributed by atoms with E-state index in [1.165, 1.54) is 17.7 Å². The predicted molar refractivity (Wildman–Crippen MR) is 58.6 cm³/mol. The van der Waals surface area contributed by atoms with Crippen molar-refractivity contribution in [3.63, 3.8) is 0 Å². The van der Waals surface area contributed by atoms with Crippen molar-refractivity contribution in [2.24, 2.45) is 5.92 Å². The lowest BCUT2D eigenvalue weighted by Crippen LogP contribution is -2.14. The summed E-state index contributed by atoms with van der Waals surface area (Å²) in [6.45, 7) is 5.01. The number of anilines is 1. The van der Waals surface area contributed by atoms with Crippen LogP contribution in [0.1, 0.15) is 12.0 Å². The van der Waals surface area contributed by atoms with Gasteiger partial charge in [-0.25, -0.2) is 0 Å². The maximum atomic E-state index is 5.34. The minimum Gasteiger partial charge on any atom is -0.384 e. The Balaban J connectivity index is 1.88. The summed E-state index contributed by atoms with van der Waals surface area (Å²) in [4.78, 5) is 0. The highest BCUT2D eigenvalue weighted by molar-refractivity contribution is 5.50. The molecule has 0 bridgehead atoms. The third-order valence-electron chi connectivity index (χ3n) is 2.75. The van der Waals surface area contributed by atoms with Gasteiger partial charge in [0, 0.05) is 24.8 Å². The van der Waals surface area contributed by atoms with Gasteiger partial charge in [-0.2, -0.15) is 0 Å². The SMILES string of the molecule is Cc1ccccc1NCC1CCOC1. The average molecular weight is 191 g/mol. The molecular weight excluding hydrogens is 174 g/mol. The molecule has 0 aromatic heterocycles. The van der Waals surface area contributed by atoms with Crippen molar-refractivity contribution < 1.29 is 4.74 Å². The van der Waals surface area contributed by atoms with Gasteiger partial charge in [-0.05, 0) is 25.0 Å². The molecule has 1 N–H and O–H groups in total. The van der Waals surface area contributed by atoms with Gasteiger partial charge in [0.05, 0.1) is 6.61 Å². The number of para-hydroxylation sites is 1. The molecule has 1 aromatic carbocycles. The number of hydrogen-bond acceptors (Lipinski definition) is 2. The minimum atomic E-state index is 0.689. The summed E-state index contributed by atoms with van der Waals surface area (Å²) < 4.78 is 5.34. The summed E-state index contributed by atoms with van der Waals surface area (Å²) in [5.74, 6) is 0.689. The summed E-state index contributed by atoms with van der Waals surface area (Å²) in [7, 11) is 0. The fourth-order valence-electron chi connectivity index (χ4n) is 1.77. The molecule has 1 fully saturated rings. The van der Waals surface area contributed by atoms with Gasteiger partial charge in [0.2, 0.25) is 0 Å². The lowest BCUT2D eigenvalue weighted by molar-refractivity contribution is 0.187. The number of hydrogen-bond donors (Lipinski definition) is 1. The van der Waals surface area contributed by atoms with Crippen LogP contribution in [-0.2, 0) is 4.74 Å². The van der Waals surface area contributed by atoms with Crippen LogP contribution in [0.5, 0.6) is 0 Å². The van der Waals surface area contributed by atoms with Crippen LogP contribution in [0, 0.1) is 12.8 Å². The quantitative estimate of drug-likeness (QED) is 0.792. The second-order valence-electron chi connectivity index (χ2n) is 3.93.